The second-order valence-corrected chi connectivity index (χ2v) is 7.22. The van der Waals surface area contributed by atoms with Crippen molar-refractivity contribution in [1.82, 2.24) is 9.55 Å². The number of thiazole rings is 1. The van der Waals surface area contributed by atoms with Crippen molar-refractivity contribution in [2.75, 3.05) is 12.4 Å². The van der Waals surface area contributed by atoms with Gasteiger partial charge in [0.05, 0.1) is 25.3 Å². The lowest BCUT2D eigenvalue weighted by Crippen LogP contribution is -2.01. The van der Waals surface area contributed by atoms with E-state index in [1.807, 2.05) is 36.4 Å². The summed E-state index contributed by atoms with van der Waals surface area (Å²) < 4.78 is 7.54. The molecule has 1 N–H and O–H groups in total. The molecule has 0 aliphatic rings. The van der Waals surface area contributed by atoms with Crippen LogP contribution in [0.5, 0.6) is 5.75 Å². The summed E-state index contributed by atoms with van der Waals surface area (Å²) >= 11 is 1.59. The van der Waals surface area contributed by atoms with Crippen LogP contribution in [0.2, 0.25) is 0 Å². The van der Waals surface area contributed by atoms with E-state index in [1.165, 1.54) is 0 Å². The van der Waals surface area contributed by atoms with Gasteiger partial charge in [0.2, 0.25) is 0 Å². The van der Waals surface area contributed by atoms with E-state index >= 15 is 0 Å². The number of ether oxygens (including phenoxy) is 1. The Labute approximate surface area is 167 Å². The lowest BCUT2D eigenvalue weighted by molar-refractivity contribution is 0.410. The van der Waals surface area contributed by atoms with E-state index in [0.717, 1.165) is 38.6 Å². The number of aryl methyl sites for hydroxylation is 1. The predicted octanol–water partition coefficient (Wildman–Crippen LogP) is 5.30. The van der Waals surface area contributed by atoms with Crippen molar-refractivity contribution >= 4 is 27.4 Å². The van der Waals surface area contributed by atoms with E-state index in [4.69, 9.17) is 15.0 Å². The van der Waals surface area contributed by atoms with E-state index in [2.05, 4.69) is 39.7 Å². The van der Waals surface area contributed by atoms with Gasteiger partial charge in [0, 0.05) is 46.7 Å². The zero-order chi connectivity index (χ0) is 19.3. The quantitative estimate of drug-likeness (QED) is 0.467. The number of hydrogen-bond acceptors (Lipinski definition) is 5. The first-order valence-corrected chi connectivity index (χ1v) is 9.94. The van der Waals surface area contributed by atoms with Crippen LogP contribution in [-0.2, 0) is 13.1 Å². The second-order valence-electron chi connectivity index (χ2n) is 6.36. The predicted molar refractivity (Wildman–Crippen MR) is 114 cm³/mol. The molecule has 0 unspecified atom stereocenters. The lowest BCUT2D eigenvalue weighted by Gasteiger charge is -2.08. The van der Waals surface area contributed by atoms with Crippen LogP contribution in [0.3, 0.4) is 0 Å². The van der Waals surface area contributed by atoms with Gasteiger partial charge in [-0.2, -0.15) is 5.26 Å². The maximum absolute atomic E-state index is 8.93. The number of methoxy groups -OCH3 is 1. The molecule has 0 saturated carbocycles. The monoisotopic (exact) mass is 388 g/mol. The van der Waals surface area contributed by atoms with Gasteiger partial charge < -0.3 is 14.6 Å². The van der Waals surface area contributed by atoms with E-state index in [-0.39, 0.29) is 0 Å². The van der Waals surface area contributed by atoms with Gasteiger partial charge in [-0.15, -0.1) is 11.3 Å². The molecule has 6 heteroatoms. The summed E-state index contributed by atoms with van der Waals surface area (Å²) in [5, 5.41) is 16.4. The highest BCUT2D eigenvalue weighted by molar-refractivity contribution is 7.14. The Hall–Kier alpha value is -3.30. The van der Waals surface area contributed by atoms with Crippen LogP contribution in [0.1, 0.15) is 12.0 Å². The van der Waals surface area contributed by atoms with Crippen LogP contribution < -0.4 is 10.1 Å². The fourth-order valence-corrected chi connectivity index (χ4v) is 4.01. The molecule has 0 fully saturated rings. The van der Waals surface area contributed by atoms with Gasteiger partial charge in [-0.1, -0.05) is 36.4 Å². The van der Waals surface area contributed by atoms with E-state index in [1.54, 1.807) is 18.4 Å². The molecule has 2 aromatic heterocycles. The molecule has 2 heterocycles. The van der Waals surface area contributed by atoms with E-state index in [9.17, 15) is 0 Å². The minimum Gasteiger partial charge on any atom is -0.496 e. The van der Waals surface area contributed by atoms with Crippen molar-refractivity contribution < 1.29 is 4.74 Å². The average molecular weight is 388 g/mol. The Kier molecular flexibility index (Phi) is 5.27. The summed E-state index contributed by atoms with van der Waals surface area (Å²) in [5.41, 5.74) is 4.26. The third-order valence-corrected chi connectivity index (χ3v) is 5.46. The molecule has 0 saturated heterocycles. The number of para-hydroxylation sites is 2. The third kappa shape index (κ3) is 3.57. The third-order valence-electron chi connectivity index (χ3n) is 4.66. The fourth-order valence-electron chi connectivity index (χ4n) is 3.30. The summed E-state index contributed by atoms with van der Waals surface area (Å²) in [6.07, 6.45) is 2.59. The van der Waals surface area contributed by atoms with Crippen molar-refractivity contribution in [2.24, 2.45) is 0 Å². The summed E-state index contributed by atoms with van der Waals surface area (Å²) in [7, 11) is 1.68. The van der Waals surface area contributed by atoms with Crippen LogP contribution in [-0.4, -0.2) is 16.7 Å². The number of benzene rings is 2. The van der Waals surface area contributed by atoms with Gasteiger partial charge in [0.1, 0.15) is 5.75 Å². The molecule has 0 aliphatic carbocycles. The van der Waals surface area contributed by atoms with Gasteiger partial charge in [-0.3, -0.25) is 0 Å². The van der Waals surface area contributed by atoms with Crippen LogP contribution >= 0.6 is 11.3 Å². The van der Waals surface area contributed by atoms with Crippen molar-refractivity contribution in [3.8, 4) is 23.1 Å². The molecule has 5 nitrogen and oxygen atoms in total. The lowest BCUT2D eigenvalue weighted by atomic mass is 10.1. The molecule has 0 spiro atoms. The molecule has 2 aromatic carbocycles. The first kappa shape index (κ1) is 18.1. The number of fused-ring (bicyclic) bond motifs is 1. The molecule has 0 atom stereocenters. The molecule has 0 radical (unpaired) electrons. The molecular formula is C22H20N4OS. The highest BCUT2D eigenvalue weighted by Crippen LogP contribution is 2.33. The topological polar surface area (TPSA) is 62.9 Å². The zero-order valence-electron chi connectivity index (χ0n) is 15.6. The molecule has 28 heavy (non-hydrogen) atoms. The van der Waals surface area contributed by atoms with Crippen LogP contribution in [0, 0.1) is 11.3 Å². The zero-order valence-corrected chi connectivity index (χ0v) is 16.4. The largest absolute Gasteiger partial charge is 0.496 e. The fraction of sp³-hybridized carbons (Fsp3) is 0.182. The Balaban J connectivity index is 1.58. The summed E-state index contributed by atoms with van der Waals surface area (Å²) in [5.74, 6) is 0.868. The molecule has 140 valence electrons. The van der Waals surface area contributed by atoms with Gasteiger partial charge >= 0.3 is 0 Å². The Bertz CT molecular complexity index is 1140. The number of aromatic nitrogens is 2. The number of rotatable bonds is 7. The smallest absolute Gasteiger partial charge is 0.183 e. The number of hydrogen-bond donors (Lipinski definition) is 1. The van der Waals surface area contributed by atoms with Gasteiger partial charge in [0.25, 0.3) is 0 Å². The first-order valence-electron chi connectivity index (χ1n) is 9.06. The molecule has 0 bridgehead atoms. The minimum atomic E-state index is 0.487. The maximum atomic E-state index is 8.93. The molecule has 4 rings (SSSR count). The normalized spacial score (nSPS) is 10.7. The number of nitrogens with one attached hydrogen (secondary N) is 1. The van der Waals surface area contributed by atoms with Crippen LogP contribution in [0.15, 0.2) is 60.1 Å². The molecule has 4 aromatic rings. The highest BCUT2D eigenvalue weighted by atomic mass is 32.1. The van der Waals surface area contributed by atoms with Crippen molar-refractivity contribution in [1.29, 1.82) is 5.26 Å². The van der Waals surface area contributed by atoms with Crippen molar-refractivity contribution in [2.45, 2.75) is 19.5 Å². The molecule has 0 amide bonds. The minimum absolute atomic E-state index is 0.487. The molecule has 0 aliphatic heterocycles. The van der Waals surface area contributed by atoms with Crippen molar-refractivity contribution in [3.63, 3.8) is 0 Å². The van der Waals surface area contributed by atoms with Gasteiger partial charge in [-0.25, -0.2) is 4.98 Å². The average Bonchev–Trinajstić information content (AvgIpc) is 3.35. The van der Waals surface area contributed by atoms with E-state index < -0.39 is 0 Å². The Morgan fingerprint density at radius 3 is 2.86 bits per heavy atom. The summed E-state index contributed by atoms with van der Waals surface area (Å²) in [4.78, 5) is 4.78. The van der Waals surface area contributed by atoms with Gasteiger partial charge in [0.15, 0.2) is 5.13 Å². The first-order chi connectivity index (χ1) is 13.8. The highest BCUT2D eigenvalue weighted by Gasteiger charge is 2.13. The van der Waals surface area contributed by atoms with Crippen LogP contribution in [0.4, 0.5) is 5.13 Å². The Morgan fingerprint density at radius 1 is 1.18 bits per heavy atom. The summed E-state index contributed by atoms with van der Waals surface area (Å²) in [6.45, 7) is 1.33. The van der Waals surface area contributed by atoms with Gasteiger partial charge in [-0.05, 0) is 12.1 Å². The van der Waals surface area contributed by atoms with Crippen molar-refractivity contribution in [3.05, 3.63) is 65.7 Å². The number of anilines is 1. The standard InChI is InChI=1S/C22H20N4OS/c1-27-21-10-5-2-7-16(21)13-24-22-25-19(15-28-22)18-14-26(12-6-11-23)20-9-4-3-8-17(18)20/h2-5,7-10,14-15H,6,12-13H2,1H3,(H,24,25). The summed E-state index contributed by atoms with van der Waals surface area (Å²) in [6, 6.07) is 18.4. The maximum Gasteiger partial charge on any atom is 0.183 e. The number of nitrogens with zero attached hydrogens (tertiary/aromatic N) is 3. The second kappa shape index (κ2) is 8.15. The SMILES string of the molecule is COc1ccccc1CNc1nc(-c2cn(CCC#N)c3ccccc23)cs1. The Morgan fingerprint density at radius 2 is 2.00 bits per heavy atom. The van der Waals surface area contributed by atoms with E-state index in [0.29, 0.717) is 19.5 Å². The number of nitriles is 1. The van der Waals surface area contributed by atoms with Crippen LogP contribution in [0.25, 0.3) is 22.2 Å². The molecular weight excluding hydrogens is 368 g/mol.